The number of para-hydroxylation sites is 1. The Morgan fingerprint density at radius 1 is 1.26 bits per heavy atom. The number of nitrogens with one attached hydrogen (secondary N) is 1. The lowest BCUT2D eigenvalue weighted by Gasteiger charge is -2.10. The molecule has 0 radical (unpaired) electrons. The summed E-state index contributed by atoms with van der Waals surface area (Å²) in [5.74, 6) is 1.79. The first-order valence-corrected chi connectivity index (χ1v) is 10.7. The number of nitrogens with zero attached hydrogens (tertiary/aromatic N) is 4. The van der Waals surface area contributed by atoms with Crippen LogP contribution in [-0.4, -0.2) is 32.2 Å². The molecule has 0 spiro atoms. The molecule has 0 aliphatic heterocycles. The number of hydrogen-bond acceptors (Lipinski definition) is 6. The van der Waals surface area contributed by atoms with Gasteiger partial charge in [0.05, 0.1) is 11.4 Å². The van der Waals surface area contributed by atoms with Gasteiger partial charge in [-0.15, -0.1) is 21.5 Å². The highest BCUT2D eigenvalue weighted by atomic mass is 32.2. The Morgan fingerprint density at radius 2 is 2.04 bits per heavy atom. The molecule has 2 aromatic heterocycles. The van der Waals surface area contributed by atoms with Gasteiger partial charge in [0.1, 0.15) is 16.5 Å². The van der Waals surface area contributed by atoms with Crippen LogP contribution in [0, 0.1) is 19.8 Å². The lowest BCUT2D eigenvalue weighted by atomic mass is 10.2. The van der Waals surface area contributed by atoms with Crippen LogP contribution in [0.15, 0.2) is 34.8 Å². The fraction of sp³-hybridized carbons (Fsp3) is 0.368. The maximum Gasteiger partial charge on any atom is 0.270 e. The third-order valence-corrected chi connectivity index (χ3v) is 5.90. The van der Waals surface area contributed by atoms with Crippen molar-refractivity contribution in [2.75, 3.05) is 6.54 Å². The minimum Gasteiger partial charge on any atom is -0.350 e. The number of carbonyl (C=O) groups is 1. The summed E-state index contributed by atoms with van der Waals surface area (Å²) in [4.78, 5) is 16.6. The molecule has 0 fully saturated rings. The van der Waals surface area contributed by atoms with E-state index in [4.69, 9.17) is 0 Å². The molecule has 1 aromatic carbocycles. The van der Waals surface area contributed by atoms with Crippen LogP contribution in [0.3, 0.4) is 0 Å². The molecule has 0 aliphatic carbocycles. The van der Waals surface area contributed by atoms with Gasteiger partial charge in [-0.1, -0.05) is 43.8 Å². The van der Waals surface area contributed by atoms with Crippen molar-refractivity contribution in [1.82, 2.24) is 25.1 Å². The number of hydrogen-bond donors (Lipinski definition) is 1. The summed E-state index contributed by atoms with van der Waals surface area (Å²) in [7, 11) is 0. The van der Waals surface area contributed by atoms with E-state index in [2.05, 4.69) is 58.0 Å². The van der Waals surface area contributed by atoms with Crippen LogP contribution in [0.4, 0.5) is 0 Å². The highest BCUT2D eigenvalue weighted by molar-refractivity contribution is 7.98. The summed E-state index contributed by atoms with van der Waals surface area (Å²) in [5.41, 5.74) is 2.73. The largest absolute Gasteiger partial charge is 0.350 e. The number of benzene rings is 1. The predicted molar refractivity (Wildman–Crippen MR) is 110 cm³/mol. The quantitative estimate of drug-likeness (QED) is 0.606. The van der Waals surface area contributed by atoms with E-state index in [-0.39, 0.29) is 5.91 Å². The van der Waals surface area contributed by atoms with Crippen LogP contribution < -0.4 is 5.32 Å². The topological polar surface area (TPSA) is 72.7 Å². The molecule has 0 atom stereocenters. The Morgan fingerprint density at radius 3 is 2.78 bits per heavy atom. The van der Waals surface area contributed by atoms with Crippen LogP contribution in [0.5, 0.6) is 0 Å². The fourth-order valence-electron chi connectivity index (χ4n) is 2.52. The first-order chi connectivity index (χ1) is 13.0. The van der Waals surface area contributed by atoms with Gasteiger partial charge in [-0.05, 0) is 31.4 Å². The zero-order chi connectivity index (χ0) is 19.4. The molecule has 2 heterocycles. The van der Waals surface area contributed by atoms with E-state index in [0.29, 0.717) is 23.9 Å². The van der Waals surface area contributed by atoms with Crippen molar-refractivity contribution in [3.8, 4) is 5.69 Å². The van der Waals surface area contributed by atoms with Crippen molar-refractivity contribution < 1.29 is 4.79 Å². The molecule has 0 unspecified atom stereocenters. The summed E-state index contributed by atoms with van der Waals surface area (Å²) >= 11 is 3.07. The molecule has 27 heavy (non-hydrogen) atoms. The molecular weight excluding hydrogens is 378 g/mol. The van der Waals surface area contributed by atoms with Gasteiger partial charge in [-0.3, -0.25) is 9.36 Å². The van der Waals surface area contributed by atoms with Gasteiger partial charge in [0.25, 0.3) is 5.91 Å². The van der Waals surface area contributed by atoms with Gasteiger partial charge >= 0.3 is 0 Å². The minimum atomic E-state index is -0.116. The summed E-state index contributed by atoms with van der Waals surface area (Å²) < 4.78 is 2.06. The third kappa shape index (κ3) is 4.75. The number of thiazole rings is 1. The summed E-state index contributed by atoms with van der Waals surface area (Å²) in [6.07, 6.45) is 0. The molecule has 3 aromatic rings. The predicted octanol–water partition coefficient (Wildman–Crippen LogP) is 4.02. The molecule has 3 rings (SSSR count). The van der Waals surface area contributed by atoms with Crippen LogP contribution in [-0.2, 0) is 5.75 Å². The highest BCUT2D eigenvalue weighted by Crippen LogP contribution is 2.27. The van der Waals surface area contributed by atoms with Gasteiger partial charge in [0.15, 0.2) is 5.16 Å². The standard InChI is InChI=1S/C19H23N5OS2/c1-12(2)9-20-18(25)15-10-26-17(21-15)11-27-19-23-22-14(4)24(19)16-8-6-5-7-13(16)3/h5-8,10,12H,9,11H2,1-4H3,(H,20,25). The van der Waals surface area contributed by atoms with Crippen molar-refractivity contribution in [3.63, 3.8) is 0 Å². The number of carbonyl (C=O) groups excluding carboxylic acids is 1. The number of rotatable bonds is 7. The Bertz CT molecular complexity index is 932. The van der Waals surface area contributed by atoms with E-state index in [1.54, 1.807) is 11.8 Å². The average molecular weight is 402 g/mol. The number of aromatic nitrogens is 4. The van der Waals surface area contributed by atoms with Crippen LogP contribution in [0.1, 0.15) is 40.7 Å². The lowest BCUT2D eigenvalue weighted by Crippen LogP contribution is -2.27. The maximum atomic E-state index is 12.1. The monoisotopic (exact) mass is 401 g/mol. The van der Waals surface area contributed by atoms with E-state index in [1.165, 1.54) is 16.9 Å². The SMILES string of the molecule is Cc1ccccc1-n1c(C)nnc1SCc1nc(C(=O)NCC(C)C)cs1. The van der Waals surface area contributed by atoms with Crippen LogP contribution in [0.2, 0.25) is 0 Å². The van der Waals surface area contributed by atoms with E-state index in [1.807, 2.05) is 24.4 Å². The van der Waals surface area contributed by atoms with E-state index >= 15 is 0 Å². The second-order valence-electron chi connectivity index (χ2n) is 6.67. The fourth-order valence-corrected chi connectivity index (χ4v) is 4.31. The second-order valence-corrected chi connectivity index (χ2v) is 8.56. The van der Waals surface area contributed by atoms with Crippen molar-refractivity contribution in [2.24, 2.45) is 5.92 Å². The van der Waals surface area contributed by atoms with E-state index in [0.717, 1.165) is 21.7 Å². The van der Waals surface area contributed by atoms with Crippen LogP contribution in [0.25, 0.3) is 5.69 Å². The Labute approximate surface area is 167 Å². The first-order valence-electron chi connectivity index (χ1n) is 8.79. The normalized spacial score (nSPS) is 11.1. The Hall–Kier alpha value is -2.19. The van der Waals surface area contributed by atoms with Gasteiger partial charge in [0.2, 0.25) is 0 Å². The maximum absolute atomic E-state index is 12.1. The van der Waals surface area contributed by atoms with Crippen molar-refractivity contribution in [3.05, 3.63) is 51.7 Å². The van der Waals surface area contributed by atoms with E-state index in [9.17, 15) is 4.79 Å². The molecule has 1 N–H and O–H groups in total. The van der Waals surface area contributed by atoms with Gasteiger partial charge in [-0.2, -0.15) is 0 Å². The number of thioether (sulfide) groups is 1. The first kappa shape index (κ1) is 19.6. The van der Waals surface area contributed by atoms with Gasteiger partial charge in [-0.25, -0.2) is 4.98 Å². The van der Waals surface area contributed by atoms with Crippen molar-refractivity contribution in [1.29, 1.82) is 0 Å². The molecule has 6 nitrogen and oxygen atoms in total. The highest BCUT2D eigenvalue weighted by Gasteiger charge is 2.15. The molecule has 8 heteroatoms. The van der Waals surface area contributed by atoms with Gasteiger partial charge in [0, 0.05) is 11.9 Å². The van der Waals surface area contributed by atoms with Crippen LogP contribution >= 0.6 is 23.1 Å². The number of amides is 1. The summed E-state index contributed by atoms with van der Waals surface area (Å²) in [6, 6.07) is 8.17. The zero-order valence-corrected chi connectivity index (χ0v) is 17.5. The molecule has 1 amide bonds. The van der Waals surface area contributed by atoms with Gasteiger partial charge < -0.3 is 5.32 Å². The van der Waals surface area contributed by atoms with Crippen molar-refractivity contribution in [2.45, 2.75) is 38.6 Å². The second kappa shape index (κ2) is 8.67. The lowest BCUT2D eigenvalue weighted by molar-refractivity contribution is 0.0944. The van der Waals surface area contributed by atoms with E-state index < -0.39 is 0 Å². The molecule has 0 saturated heterocycles. The Kier molecular flexibility index (Phi) is 6.28. The third-order valence-electron chi connectivity index (χ3n) is 3.93. The zero-order valence-electron chi connectivity index (χ0n) is 15.9. The smallest absolute Gasteiger partial charge is 0.270 e. The summed E-state index contributed by atoms with van der Waals surface area (Å²) in [6.45, 7) is 8.81. The summed E-state index contributed by atoms with van der Waals surface area (Å²) in [5, 5.41) is 15.0. The minimum absolute atomic E-state index is 0.116. The molecule has 0 aliphatic rings. The average Bonchev–Trinajstić information content (AvgIpc) is 3.25. The number of aryl methyl sites for hydroxylation is 2. The molecule has 0 bridgehead atoms. The molecule has 0 saturated carbocycles. The molecule has 142 valence electrons. The Balaban J connectivity index is 1.70. The molecular formula is C19H23N5OS2. The van der Waals surface area contributed by atoms with Crippen molar-refractivity contribution >= 4 is 29.0 Å².